The van der Waals surface area contributed by atoms with Crippen LogP contribution in [0, 0.1) is 11.7 Å². The zero-order chi connectivity index (χ0) is 27.1. The van der Waals surface area contributed by atoms with Crippen molar-refractivity contribution in [3.8, 4) is 17.0 Å². The Morgan fingerprint density at radius 3 is 2.39 bits per heavy atom. The number of carbonyl (C=O) groups is 2. The van der Waals surface area contributed by atoms with Gasteiger partial charge in [0.25, 0.3) is 5.91 Å². The minimum Gasteiger partial charge on any atom is -0.497 e. The predicted octanol–water partition coefficient (Wildman–Crippen LogP) is 4.13. The lowest BCUT2D eigenvalue weighted by Crippen LogP contribution is -2.52. The molecule has 2 amide bonds. The highest BCUT2D eigenvalue weighted by Crippen LogP contribution is 2.23. The van der Waals surface area contributed by atoms with Crippen molar-refractivity contribution in [2.24, 2.45) is 5.92 Å². The van der Waals surface area contributed by atoms with Gasteiger partial charge in [0, 0.05) is 43.9 Å². The van der Waals surface area contributed by atoms with Crippen LogP contribution in [-0.2, 0) is 4.79 Å². The van der Waals surface area contributed by atoms with Crippen molar-refractivity contribution in [3.05, 3.63) is 72.0 Å². The Hall–Kier alpha value is -4.01. The smallest absolute Gasteiger partial charge is 0.254 e. The number of rotatable bonds is 9. The minimum absolute atomic E-state index is 0.00437. The molecule has 4 rings (SSSR count). The molecule has 1 unspecified atom stereocenters. The molecule has 1 atom stereocenters. The largest absolute Gasteiger partial charge is 0.497 e. The molecule has 9 heteroatoms. The van der Waals surface area contributed by atoms with E-state index in [4.69, 9.17) is 4.74 Å². The molecular weight excluding hydrogens is 485 g/mol. The summed E-state index contributed by atoms with van der Waals surface area (Å²) in [6, 6.07) is 17.0. The average Bonchev–Trinajstić information content (AvgIpc) is 2.97. The topological polar surface area (TPSA) is 78.9 Å². The van der Waals surface area contributed by atoms with Gasteiger partial charge in [0.2, 0.25) is 5.91 Å². The van der Waals surface area contributed by atoms with Crippen LogP contribution in [0.4, 0.5) is 10.2 Å². The van der Waals surface area contributed by atoms with Crippen molar-refractivity contribution >= 4 is 17.6 Å². The summed E-state index contributed by atoms with van der Waals surface area (Å²) in [5.41, 5.74) is 2.06. The highest BCUT2D eigenvalue weighted by molar-refractivity contribution is 5.96. The highest BCUT2D eigenvalue weighted by atomic mass is 19.1. The van der Waals surface area contributed by atoms with Gasteiger partial charge in [-0.2, -0.15) is 0 Å². The summed E-state index contributed by atoms with van der Waals surface area (Å²) in [5.74, 6) is 1.00. The number of nitrogens with zero attached hydrogens (tertiary/aromatic N) is 5. The minimum atomic E-state index is -0.399. The second kappa shape index (κ2) is 12.5. The molecule has 1 aromatic heterocycles. The molecule has 0 radical (unpaired) electrons. The molecule has 2 heterocycles. The first kappa shape index (κ1) is 27.0. The summed E-state index contributed by atoms with van der Waals surface area (Å²) in [4.78, 5) is 31.8. The van der Waals surface area contributed by atoms with Crippen LogP contribution >= 0.6 is 0 Å². The second-order valence-electron chi connectivity index (χ2n) is 9.58. The fourth-order valence-corrected chi connectivity index (χ4v) is 4.38. The Kier molecular flexibility index (Phi) is 8.89. The zero-order valence-corrected chi connectivity index (χ0v) is 22.1. The van der Waals surface area contributed by atoms with E-state index < -0.39 is 5.82 Å². The van der Waals surface area contributed by atoms with E-state index in [1.54, 1.807) is 16.9 Å². The van der Waals surface area contributed by atoms with E-state index in [-0.39, 0.29) is 24.3 Å². The van der Waals surface area contributed by atoms with Crippen LogP contribution in [-0.4, -0.2) is 78.2 Å². The van der Waals surface area contributed by atoms with Crippen LogP contribution in [0.25, 0.3) is 11.3 Å². The number of halogens is 1. The number of benzene rings is 2. The Morgan fingerprint density at radius 2 is 1.76 bits per heavy atom. The van der Waals surface area contributed by atoms with E-state index in [9.17, 15) is 14.0 Å². The molecule has 1 aliphatic heterocycles. The van der Waals surface area contributed by atoms with Crippen molar-refractivity contribution in [2.75, 3.05) is 51.3 Å². The number of carbonyl (C=O) groups excluding carboxylic acids is 2. The molecule has 0 spiro atoms. The second-order valence-corrected chi connectivity index (χ2v) is 9.58. The molecule has 1 fully saturated rings. The van der Waals surface area contributed by atoms with Crippen LogP contribution in [0.5, 0.6) is 5.75 Å². The number of hydrogen-bond acceptors (Lipinski definition) is 6. The summed E-state index contributed by atoms with van der Waals surface area (Å²) in [7, 11) is 1.63. The van der Waals surface area contributed by atoms with E-state index in [0.29, 0.717) is 38.3 Å². The fraction of sp³-hybridized carbons (Fsp3) is 0.379. The third-order valence-electron chi connectivity index (χ3n) is 6.91. The Balaban J connectivity index is 1.36. The van der Waals surface area contributed by atoms with E-state index in [1.165, 1.54) is 24.3 Å². The van der Waals surface area contributed by atoms with E-state index >= 15 is 0 Å². The standard InChI is InChI=1S/C29H34FN5O3/c1-4-21(2)19-35(29(37)22-8-10-24(30)11-9-22)20-28(36)34-16-14-33(15-17-34)27-13-12-26(31-32-27)23-6-5-7-25(18-23)38-3/h5-13,18,21H,4,14-17,19-20H2,1-3H3. The van der Waals surface area contributed by atoms with Gasteiger partial charge in [-0.3, -0.25) is 9.59 Å². The lowest BCUT2D eigenvalue weighted by atomic mass is 10.1. The van der Waals surface area contributed by atoms with Crippen molar-refractivity contribution in [1.29, 1.82) is 0 Å². The molecule has 0 aliphatic carbocycles. The van der Waals surface area contributed by atoms with Crippen molar-refractivity contribution < 1.29 is 18.7 Å². The third-order valence-corrected chi connectivity index (χ3v) is 6.91. The summed E-state index contributed by atoms with van der Waals surface area (Å²) >= 11 is 0. The van der Waals surface area contributed by atoms with Gasteiger partial charge in [0.05, 0.1) is 12.8 Å². The van der Waals surface area contributed by atoms with E-state index in [2.05, 4.69) is 28.9 Å². The maximum Gasteiger partial charge on any atom is 0.254 e. The Bertz CT molecular complexity index is 1230. The number of methoxy groups -OCH3 is 1. The lowest BCUT2D eigenvalue weighted by molar-refractivity contribution is -0.132. The van der Waals surface area contributed by atoms with Gasteiger partial charge in [0.1, 0.15) is 18.1 Å². The molecule has 8 nitrogen and oxygen atoms in total. The highest BCUT2D eigenvalue weighted by Gasteiger charge is 2.26. The molecule has 2 aromatic carbocycles. The van der Waals surface area contributed by atoms with Gasteiger partial charge in [-0.1, -0.05) is 32.4 Å². The number of amides is 2. The van der Waals surface area contributed by atoms with Gasteiger partial charge in [-0.15, -0.1) is 10.2 Å². The molecule has 38 heavy (non-hydrogen) atoms. The first-order chi connectivity index (χ1) is 18.4. The van der Waals surface area contributed by atoms with Crippen LogP contribution in [0.3, 0.4) is 0 Å². The number of aromatic nitrogens is 2. The van der Waals surface area contributed by atoms with Crippen molar-refractivity contribution in [3.63, 3.8) is 0 Å². The molecule has 1 aliphatic rings. The number of anilines is 1. The average molecular weight is 520 g/mol. The predicted molar refractivity (Wildman–Crippen MR) is 145 cm³/mol. The van der Waals surface area contributed by atoms with Crippen LogP contribution < -0.4 is 9.64 Å². The normalized spacial score (nSPS) is 14.2. The Labute approximate surface area is 223 Å². The molecule has 0 N–H and O–H groups in total. The quantitative estimate of drug-likeness (QED) is 0.423. The summed E-state index contributed by atoms with van der Waals surface area (Å²) in [5, 5.41) is 8.80. The van der Waals surface area contributed by atoms with Gasteiger partial charge in [0.15, 0.2) is 5.82 Å². The van der Waals surface area contributed by atoms with Gasteiger partial charge in [-0.05, 0) is 54.4 Å². The molecule has 1 saturated heterocycles. The summed E-state index contributed by atoms with van der Waals surface area (Å²) in [6.07, 6.45) is 0.887. The molecule has 0 saturated carbocycles. The maximum atomic E-state index is 13.3. The molecular formula is C29H34FN5O3. The monoisotopic (exact) mass is 519 g/mol. The van der Waals surface area contributed by atoms with Crippen LogP contribution in [0.2, 0.25) is 0 Å². The summed E-state index contributed by atoms with van der Waals surface area (Å²) < 4.78 is 18.6. The molecule has 200 valence electrons. The fourth-order valence-electron chi connectivity index (χ4n) is 4.38. The maximum absolute atomic E-state index is 13.3. The van der Waals surface area contributed by atoms with Crippen LogP contribution in [0.15, 0.2) is 60.7 Å². The SMILES string of the molecule is CCC(C)CN(CC(=O)N1CCN(c2ccc(-c3cccc(OC)c3)nn2)CC1)C(=O)c1ccc(F)cc1. The van der Waals surface area contributed by atoms with Gasteiger partial charge in [-0.25, -0.2) is 4.39 Å². The summed E-state index contributed by atoms with van der Waals surface area (Å²) in [6.45, 7) is 6.86. The first-order valence-electron chi connectivity index (χ1n) is 12.9. The number of hydrogen-bond donors (Lipinski definition) is 0. The van der Waals surface area contributed by atoms with E-state index in [1.807, 2.05) is 36.4 Å². The zero-order valence-electron chi connectivity index (χ0n) is 22.1. The Morgan fingerprint density at radius 1 is 1.03 bits per heavy atom. The lowest BCUT2D eigenvalue weighted by Gasteiger charge is -2.36. The molecule has 0 bridgehead atoms. The third kappa shape index (κ3) is 6.65. The number of piperazine rings is 1. The van der Waals surface area contributed by atoms with Crippen LogP contribution in [0.1, 0.15) is 30.6 Å². The van der Waals surface area contributed by atoms with Crippen molar-refractivity contribution in [1.82, 2.24) is 20.0 Å². The first-order valence-corrected chi connectivity index (χ1v) is 12.9. The van der Waals surface area contributed by atoms with Gasteiger partial charge < -0.3 is 19.4 Å². The number of ether oxygens (including phenoxy) is 1. The molecule has 3 aromatic rings. The van der Waals surface area contributed by atoms with E-state index in [0.717, 1.165) is 29.2 Å². The van der Waals surface area contributed by atoms with Crippen molar-refractivity contribution in [2.45, 2.75) is 20.3 Å². The van der Waals surface area contributed by atoms with Gasteiger partial charge >= 0.3 is 0 Å².